The van der Waals surface area contributed by atoms with E-state index < -0.39 is 0 Å². The second kappa shape index (κ2) is 11.4. The van der Waals surface area contributed by atoms with Crippen LogP contribution in [0.1, 0.15) is 90.9 Å². The van der Waals surface area contributed by atoms with Crippen LogP contribution in [0.2, 0.25) is 0 Å². The van der Waals surface area contributed by atoms with E-state index in [1.165, 1.54) is 70.6 Å². The Labute approximate surface area is 120 Å². The van der Waals surface area contributed by atoms with E-state index in [-0.39, 0.29) is 0 Å². The summed E-state index contributed by atoms with van der Waals surface area (Å²) in [6, 6.07) is 0. The lowest BCUT2D eigenvalue weighted by Gasteiger charge is -2.25. The topological polar surface area (TPSA) is 9.23 Å². The van der Waals surface area contributed by atoms with Gasteiger partial charge in [0, 0.05) is 0 Å². The van der Waals surface area contributed by atoms with Crippen molar-refractivity contribution in [3.63, 3.8) is 0 Å². The van der Waals surface area contributed by atoms with Gasteiger partial charge in [0.1, 0.15) is 0 Å². The molecule has 1 rings (SSSR count). The molecule has 0 aromatic heterocycles. The lowest BCUT2D eigenvalue weighted by Crippen LogP contribution is -2.17. The van der Waals surface area contributed by atoms with E-state index in [9.17, 15) is 0 Å². The van der Waals surface area contributed by atoms with E-state index in [0.29, 0.717) is 6.10 Å². The summed E-state index contributed by atoms with van der Waals surface area (Å²) in [5.74, 6) is 0.927. The number of allylic oxidation sites excluding steroid dienone is 1. The molecule has 0 aliphatic heterocycles. The summed E-state index contributed by atoms with van der Waals surface area (Å²) in [5, 5.41) is 0. The Morgan fingerprint density at radius 2 is 1.84 bits per heavy atom. The molecule has 0 heterocycles. The van der Waals surface area contributed by atoms with Gasteiger partial charge < -0.3 is 4.74 Å². The van der Waals surface area contributed by atoms with Crippen molar-refractivity contribution in [2.45, 2.75) is 97.0 Å². The van der Waals surface area contributed by atoms with Gasteiger partial charge in [0.2, 0.25) is 0 Å². The standard InChI is InChI=1S/C18H34O/c1-3-5-6-7-8-12-15-19-18(4-2)16-17-13-10-9-11-14-17/h12,15,17-18H,3-11,13-14,16H2,1-2H3. The summed E-state index contributed by atoms with van der Waals surface area (Å²) in [4.78, 5) is 0. The number of unbranched alkanes of at least 4 members (excludes halogenated alkanes) is 4. The molecule has 1 nitrogen and oxygen atoms in total. The Morgan fingerprint density at radius 1 is 1.05 bits per heavy atom. The first-order valence-electron chi connectivity index (χ1n) is 8.67. The fourth-order valence-corrected chi connectivity index (χ4v) is 3.04. The SMILES string of the molecule is CCCCCCC=COC(CC)CC1CCCCC1. The van der Waals surface area contributed by atoms with E-state index in [1.807, 2.05) is 6.26 Å². The maximum atomic E-state index is 5.92. The van der Waals surface area contributed by atoms with Crippen LogP contribution in [-0.4, -0.2) is 6.10 Å². The fraction of sp³-hybridized carbons (Fsp3) is 0.889. The van der Waals surface area contributed by atoms with Gasteiger partial charge in [-0.2, -0.15) is 0 Å². The fourth-order valence-electron chi connectivity index (χ4n) is 3.04. The van der Waals surface area contributed by atoms with Crippen molar-refractivity contribution in [3.8, 4) is 0 Å². The second-order valence-corrected chi connectivity index (χ2v) is 6.13. The first-order chi connectivity index (χ1) is 9.36. The van der Waals surface area contributed by atoms with Crippen LogP contribution in [0.15, 0.2) is 12.3 Å². The van der Waals surface area contributed by atoms with Crippen molar-refractivity contribution in [1.29, 1.82) is 0 Å². The average molecular weight is 266 g/mol. The lowest BCUT2D eigenvalue weighted by atomic mass is 9.85. The monoisotopic (exact) mass is 266 g/mol. The van der Waals surface area contributed by atoms with Crippen LogP contribution in [0.3, 0.4) is 0 Å². The molecule has 1 aliphatic rings. The molecule has 1 saturated carbocycles. The van der Waals surface area contributed by atoms with Gasteiger partial charge in [-0.05, 0) is 37.7 Å². The molecule has 0 aromatic rings. The molecule has 112 valence electrons. The predicted molar refractivity (Wildman–Crippen MR) is 84.3 cm³/mol. The van der Waals surface area contributed by atoms with E-state index in [0.717, 1.165) is 12.3 Å². The molecule has 1 atom stereocenters. The summed E-state index contributed by atoms with van der Waals surface area (Å²) >= 11 is 0. The molecule has 1 unspecified atom stereocenters. The summed E-state index contributed by atoms with van der Waals surface area (Å²) in [5.41, 5.74) is 0. The van der Waals surface area contributed by atoms with Crippen LogP contribution in [-0.2, 0) is 4.74 Å². The average Bonchev–Trinajstić information content (AvgIpc) is 2.46. The molecule has 0 amide bonds. The minimum absolute atomic E-state index is 0.454. The number of ether oxygens (including phenoxy) is 1. The Kier molecular flexibility index (Phi) is 9.93. The van der Waals surface area contributed by atoms with Gasteiger partial charge in [-0.1, -0.05) is 65.2 Å². The third-order valence-corrected chi connectivity index (χ3v) is 4.37. The Hall–Kier alpha value is -0.460. The van der Waals surface area contributed by atoms with Crippen molar-refractivity contribution in [2.75, 3.05) is 0 Å². The van der Waals surface area contributed by atoms with Crippen molar-refractivity contribution in [3.05, 3.63) is 12.3 Å². The van der Waals surface area contributed by atoms with Crippen LogP contribution in [0.25, 0.3) is 0 Å². The highest BCUT2D eigenvalue weighted by Crippen LogP contribution is 2.28. The van der Waals surface area contributed by atoms with Gasteiger partial charge in [-0.3, -0.25) is 0 Å². The smallest absolute Gasteiger partial charge is 0.0978 e. The van der Waals surface area contributed by atoms with Gasteiger partial charge in [-0.15, -0.1) is 0 Å². The van der Waals surface area contributed by atoms with Gasteiger partial charge in [0.15, 0.2) is 0 Å². The molecule has 0 aromatic carbocycles. The highest BCUT2D eigenvalue weighted by molar-refractivity contribution is 4.77. The minimum atomic E-state index is 0.454. The summed E-state index contributed by atoms with van der Waals surface area (Å²) in [6.45, 7) is 4.51. The van der Waals surface area contributed by atoms with Gasteiger partial charge >= 0.3 is 0 Å². The number of rotatable bonds is 10. The van der Waals surface area contributed by atoms with Crippen molar-refractivity contribution in [1.82, 2.24) is 0 Å². The largest absolute Gasteiger partial charge is 0.498 e. The molecule has 0 N–H and O–H groups in total. The summed E-state index contributed by atoms with van der Waals surface area (Å²) in [6.07, 6.45) is 20.8. The van der Waals surface area contributed by atoms with Crippen LogP contribution in [0, 0.1) is 5.92 Å². The van der Waals surface area contributed by atoms with Crippen LogP contribution >= 0.6 is 0 Å². The van der Waals surface area contributed by atoms with Gasteiger partial charge in [0.05, 0.1) is 12.4 Å². The van der Waals surface area contributed by atoms with Crippen molar-refractivity contribution >= 4 is 0 Å². The molecule has 19 heavy (non-hydrogen) atoms. The maximum absolute atomic E-state index is 5.92. The lowest BCUT2D eigenvalue weighted by molar-refractivity contribution is 0.104. The molecule has 0 bridgehead atoms. The highest BCUT2D eigenvalue weighted by Gasteiger charge is 2.18. The molecular weight excluding hydrogens is 232 g/mol. The van der Waals surface area contributed by atoms with Crippen molar-refractivity contribution < 1.29 is 4.74 Å². The van der Waals surface area contributed by atoms with E-state index in [4.69, 9.17) is 4.74 Å². The Balaban J connectivity index is 2.08. The van der Waals surface area contributed by atoms with E-state index >= 15 is 0 Å². The maximum Gasteiger partial charge on any atom is 0.0978 e. The highest BCUT2D eigenvalue weighted by atomic mass is 16.5. The summed E-state index contributed by atoms with van der Waals surface area (Å²) < 4.78 is 5.92. The van der Waals surface area contributed by atoms with Crippen LogP contribution in [0.4, 0.5) is 0 Å². The molecule has 0 saturated heterocycles. The molecule has 1 fully saturated rings. The Morgan fingerprint density at radius 3 is 2.53 bits per heavy atom. The van der Waals surface area contributed by atoms with E-state index in [2.05, 4.69) is 19.9 Å². The normalized spacial score (nSPS) is 18.8. The molecule has 0 radical (unpaired) electrons. The predicted octanol–water partition coefficient (Wildman–Crippen LogP) is 6.24. The third-order valence-electron chi connectivity index (χ3n) is 4.37. The zero-order valence-electron chi connectivity index (χ0n) is 13.2. The van der Waals surface area contributed by atoms with Crippen LogP contribution < -0.4 is 0 Å². The number of hydrogen-bond donors (Lipinski definition) is 0. The quantitative estimate of drug-likeness (QED) is 0.336. The third kappa shape index (κ3) is 8.34. The molecule has 0 spiro atoms. The van der Waals surface area contributed by atoms with Crippen molar-refractivity contribution in [2.24, 2.45) is 5.92 Å². The Bertz CT molecular complexity index is 216. The molecule has 1 aliphatic carbocycles. The zero-order valence-corrected chi connectivity index (χ0v) is 13.2. The number of hydrogen-bond acceptors (Lipinski definition) is 1. The van der Waals surface area contributed by atoms with E-state index in [1.54, 1.807) is 0 Å². The zero-order chi connectivity index (χ0) is 13.8. The first-order valence-corrected chi connectivity index (χ1v) is 8.67. The second-order valence-electron chi connectivity index (χ2n) is 6.13. The minimum Gasteiger partial charge on any atom is -0.498 e. The molecule has 1 heteroatoms. The van der Waals surface area contributed by atoms with Crippen LogP contribution in [0.5, 0.6) is 0 Å². The summed E-state index contributed by atoms with van der Waals surface area (Å²) in [7, 11) is 0. The van der Waals surface area contributed by atoms with Gasteiger partial charge in [-0.25, -0.2) is 0 Å². The first kappa shape index (κ1) is 16.6. The molecular formula is C18H34O. The van der Waals surface area contributed by atoms with Gasteiger partial charge in [0.25, 0.3) is 0 Å².